The number of amides is 1. The summed E-state index contributed by atoms with van der Waals surface area (Å²) in [6.07, 6.45) is 1.68. The molecule has 0 atom stereocenters. The lowest BCUT2D eigenvalue weighted by atomic mass is 10.3. The fourth-order valence-corrected chi connectivity index (χ4v) is 1.73. The number of pyridine rings is 1. The molecule has 0 saturated carbocycles. The first-order chi connectivity index (χ1) is 9.19. The van der Waals surface area contributed by atoms with Crippen molar-refractivity contribution in [2.45, 2.75) is 13.2 Å². The molecule has 5 N–H and O–H groups in total. The highest BCUT2D eigenvalue weighted by Gasteiger charge is 2.12. The van der Waals surface area contributed by atoms with Crippen molar-refractivity contribution in [2.24, 2.45) is 0 Å². The molecule has 2 rings (SSSR count). The maximum Gasteiger partial charge on any atom is 0.262 e. The molecule has 0 radical (unpaired) electrons. The van der Waals surface area contributed by atoms with E-state index in [0.29, 0.717) is 22.7 Å². The molecule has 0 bridgehead atoms. The number of anilines is 1. The number of nitrogens with one attached hydrogen (secondary N) is 2. The second-order valence-electron chi connectivity index (χ2n) is 3.88. The maximum atomic E-state index is 10.9. The van der Waals surface area contributed by atoms with Crippen LogP contribution >= 0.6 is 0 Å². The number of aliphatic hydroxyl groups excluding tert-OH is 2. The summed E-state index contributed by atoms with van der Waals surface area (Å²) in [7, 11) is 0. The van der Waals surface area contributed by atoms with E-state index in [4.69, 9.17) is 10.3 Å². The summed E-state index contributed by atoms with van der Waals surface area (Å²) < 4.78 is 1.65. The van der Waals surface area contributed by atoms with Crippen LogP contribution in [0.25, 0.3) is 5.65 Å². The number of imidazole rings is 1. The van der Waals surface area contributed by atoms with Crippen molar-refractivity contribution in [2.75, 3.05) is 11.9 Å². The van der Waals surface area contributed by atoms with E-state index < -0.39 is 5.91 Å². The Balaban J connectivity index is 2.34. The van der Waals surface area contributed by atoms with E-state index in [2.05, 4.69) is 10.3 Å². The third kappa shape index (κ3) is 2.65. The van der Waals surface area contributed by atoms with Gasteiger partial charge in [-0.25, -0.2) is 10.5 Å². The van der Waals surface area contributed by atoms with E-state index in [9.17, 15) is 9.90 Å². The van der Waals surface area contributed by atoms with Crippen molar-refractivity contribution in [3.63, 3.8) is 0 Å². The van der Waals surface area contributed by atoms with Gasteiger partial charge < -0.3 is 15.5 Å². The van der Waals surface area contributed by atoms with Gasteiger partial charge in [0.15, 0.2) is 5.82 Å². The summed E-state index contributed by atoms with van der Waals surface area (Å²) >= 11 is 0. The Labute approximate surface area is 108 Å². The lowest BCUT2D eigenvalue weighted by Crippen LogP contribution is -2.27. The molecule has 102 valence electrons. The molecule has 0 aromatic carbocycles. The van der Waals surface area contributed by atoms with Crippen molar-refractivity contribution in [1.29, 1.82) is 0 Å². The fraction of sp³-hybridized carbons (Fsp3) is 0.273. The first kappa shape index (κ1) is 13.3. The molecule has 0 aliphatic heterocycles. The van der Waals surface area contributed by atoms with E-state index >= 15 is 0 Å². The Morgan fingerprint density at radius 3 is 2.79 bits per heavy atom. The van der Waals surface area contributed by atoms with Crippen LogP contribution in [0.5, 0.6) is 0 Å². The van der Waals surface area contributed by atoms with E-state index in [-0.39, 0.29) is 19.8 Å². The van der Waals surface area contributed by atoms with Gasteiger partial charge in [0, 0.05) is 6.20 Å². The Morgan fingerprint density at radius 1 is 1.37 bits per heavy atom. The Bertz CT molecular complexity index is 596. The number of rotatable bonds is 5. The van der Waals surface area contributed by atoms with Gasteiger partial charge in [-0.2, -0.15) is 0 Å². The summed E-state index contributed by atoms with van der Waals surface area (Å²) in [5, 5.41) is 29.5. The van der Waals surface area contributed by atoms with Crippen LogP contribution in [-0.4, -0.2) is 37.3 Å². The highest BCUT2D eigenvalue weighted by Crippen LogP contribution is 2.18. The standard InChI is InChI=1S/C11H14N4O4/c16-5-7-1-2-15-8(6-17)11(13-9(15)3-7)12-4-10(18)14-19/h1-3,12,16-17,19H,4-6H2,(H,14,18). The van der Waals surface area contributed by atoms with E-state index in [0.717, 1.165) is 0 Å². The summed E-state index contributed by atoms with van der Waals surface area (Å²) in [6, 6.07) is 3.38. The third-order valence-electron chi connectivity index (χ3n) is 2.66. The minimum atomic E-state index is -0.614. The first-order valence-electron chi connectivity index (χ1n) is 5.58. The molecule has 0 aliphatic rings. The van der Waals surface area contributed by atoms with Crippen LogP contribution in [0, 0.1) is 0 Å². The molecule has 1 amide bonds. The number of aromatic nitrogens is 2. The summed E-state index contributed by atoms with van der Waals surface area (Å²) in [6.45, 7) is -0.531. The van der Waals surface area contributed by atoms with Gasteiger partial charge in [-0.05, 0) is 17.7 Å². The molecular formula is C11H14N4O4. The number of aliphatic hydroxyl groups is 2. The average Bonchev–Trinajstić information content (AvgIpc) is 2.80. The van der Waals surface area contributed by atoms with Gasteiger partial charge in [0.1, 0.15) is 5.65 Å². The highest BCUT2D eigenvalue weighted by atomic mass is 16.5. The van der Waals surface area contributed by atoms with Crippen molar-refractivity contribution in [1.82, 2.24) is 14.9 Å². The highest BCUT2D eigenvalue weighted by molar-refractivity contribution is 5.79. The average molecular weight is 266 g/mol. The Hall–Kier alpha value is -2.16. The van der Waals surface area contributed by atoms with Crippen LogP contribution in [0.15, 0.2) is 18.3 Å². The van der Waals surface area contributed by atoms with E-state index in [1.54, 1.807) is 22.7 Å². The molecule has 8 heteroatoms. The van der Waals surface area contributed by atoms with Crippen LogP contribution in [0.1, 0.15) is 11.3 Å². The second-order valence-corrected chi connectivity index (χ2v) is 3.88. The molecular weight excluding hydrogens is 252 g/mol. The number of carbonyl (C=O) groups excluding carboxylic acids is 1. The number of fused-ring (bicyclic) bond motifs is 1. The Kier molecular flexibility index (Phi) is 3.95. The van der Waals surface area contributed by atoms with Crippen LogP contribution in [0.3, 0.4) is 0 Å². The number of carbonyl (C=O) groups is 1. The summed E-state index contributed by atoms with van der Waals surface area (Å²) in [5.74, 6) is -0.266. The molecule has 0 fully saturated rings. The van der Waals surface area contributed by atoms with Gasteiger partial charge in [0.05, 0.1) is 25.5 Å². The molecule has 2 aromatic rings. The largest absolute Gasteiger partial charge is 0.392 e. The monoisotopic (exact) mass is 266 g/mol. The van der Waals surface area contributed by atoms with Crippen molar-refractivity contribution in [3.05, 3.63) is 29.6 Å². The van der Waals surface area contributed by atoms with Crippen molar-refractivity contribution >= 4 is 17.4 Å². The van der Waals surface area contributed by atoms with Crippen molar-refractivity contribution in [3.8, 4) is 0 Å². The first-order valence-corrected chi connectivity index (χ1v) is 5.58. The molecule has 8 nitrogen and oxygen atoms in total. The smallest absolute Gasteiger partial charge is 0.262 e. The molecule has 0 spiro atoms. The molecule has 0 saturated heterocycles. The number of hydroxylamine groups is 1. The molecule has 2 aromatic heterocycles. The molecule has 0 unspecified atom stereocenters. The van der Waals surface area contributed by atoms with Gasteiger partial charge in [0.2, 0.25) is 0 Å². The van der Waals surface area contributed by atoms with Gasteiger partial charge in [0.25, 0.3) is 5.91 Å². The van der Waals surface area contributed by atoms with Crippen LogP contribution < -0.4 is 10.8 Å². The van der Waals surface area contributed by atoms with Gasteiger partial charge in [-0.3, -0.25) is 14.4 Å². The summed E-state index contributed by atoms with van der Waals surface area (Å²) in [5.41, 5.74) is 3.22. The van der Waals surface area contributed by atoms with Gasteiger partial charge in [-0.1, -0.05) is 0 Å². The van der Waals surface area contributed by atoms with E-state index in [1.807, 2.05) is 0 Å². The Morgan fingerprint density at radius 2 is 2.16 bits per heavy atom. The van der Waals surface area contributed by atoms with E-state index in [1.165, 1.54) is 5.48 Å². The van der Waals surface area contributed by atoms with Crippen LogP contribution in [0.4, 0.5) is 5.82 Å². The normalized spacial score (nSPS) is 10.7. The van der Waals surface area contributed by atoms with Crippen LogP contribution in [-0.2, 0) is 18.0 Å². The van der Waals surface area contributed by atoms with Crippen LogP contribution in [0.2, 0.25) is 0 Å². The zero-order valence-corrected chi connectivity index (χ0v) is 10.00. The number of hydrogen-bond donors (Lipinski definition) is 5. The fourth-order valence-electron chi connectivity index (χ4n) is 1.73. The molecule has 0 aliphatic carbocycles. The second kappa shape index (κ2) is 5.65. The quantitative estimate of drug-likeness (QED) is 0.358. The SMILES string of the molecule is O=C(CNc1nc2cc(CO)ccn2c1CO)NO. The van der Waals surface area contributed by atoms with Gasteiger partial charge in [-0.15, -0.1) is 0 Å². The zero-order valence-electron chi connectivity index (χ0n) is 10.00. The lowest BCUT2D eigenvalue weighted by Gasteiger charge is -2.04. The predicted octanol–water partition coefficient (Wildman–Crippen LogP) is -0.764. The number of nitrogens with zero attached hydrogens (tertiary/aromatic N) is 2. The predicted molar refractivity (Wildman–Crippen MR) is 65.5 cm³/mol. The third-order valence-corrected chi connectivity index (χ3v) is 2.66. The minimum Gasteiger partial charge on any atom is -0.392 e. The number of hydrogen-bond acceptors (Lipinski definition) is 6. The van der Waals surface area contributed by atoms with Crippen molar-refractivity contribution < 1.29 is 20.2 Å². The molecule has 19 heavy (non-hydrogen) atoms. The zero-order chi connectivity index (χ0) is 13.8. The topological polar surface area (TPSA) is 119 Å². The lowest BCUT2D eigenvalue weighted by molar-refractivity contribution is -0.127. The minimum absolute atomic E-state index is 0.104. The van der Waals surface area contributed by atoms with Gasteiger partial charge >= 0.3 is 0 Å². The molecule has 2 heterocycles. The summed E-state index contributed by atoms with van der Waals surface area (Å²) in [4.78, 5) is 15.2. The maximum absolute atomic E-state index is 10.9.